The number of halogens is 1. The predicted octanol–water partition coefficient (Wildman–Crippen LogP) is 2.58. The highest BCUT2D eigenvalue weighted by Crippen LogP contribution is 2.19. The van der Waals surface area contributed by atoms with E-state index in [-0.39, 0.29) is 28.8 Å². The Balaban J connectivity index is 1.77. The van der Waals surface area contributed by atoms with E-state index in [1.165, 1.54) is 30.7 Å². The average Bonchev–Trinajstić information content (AvgIpc) is 3.10. The molecule has 2 heterocycles. The van der Waals surface area contributed by atoms with Crippen molar-refractivity contribution in [3.63, 3.8) is 0 Å². The van der Waals surface area contributed by atoms with Crippen LogP contribution in [0.4, 0.5) is 10.1 Å². The molecular weight excluding hydrogens is 315 g/mol. The average molecular weight is 332 g/mol. The molecule has 1 aliphatic rings. The van der Waals surface area contributed by atoms with E-state index in [9.17, 15) is 14.0 Å². The SMILES string of the molecule is O=C(Nc1cc(F)ccc1C(=O)NC1CCOCC1)c1ccoc1. The zero-order valence-corrected chi connectivity index (χ0v) is 12.9. The lowest BCUT2D eigenvalue weighted by Crippen LogP contribution is -2.39. The maximum Gasteiger partial charge on any atom is 0.258 e. The second kappa shape index (κ2) is 7.27. The largest absolute Gasteiger partial charge is 0.472 e. The molecule has 0 radical (unpaired) electrons. The first-order valence-corrected chi connectivity index (χ1v) is 7.65. The molecule has 1 saturated heterocycles. The molecule has 0 atom stereocenters. The third-order valence-electron chi connectivity index (χ3n) is 3.81. The molecule has 0 spiro atoms. The van der Waals surface area contributed by atoms with E-state index in [1.807, 2.05) is 0 Å². The maximum absolute atomic E-state index is 13.5. The van der Waals surface area contributed by atoms with Crippen LogP contribution in [0.25, 0.3) is 0 Å². The second-order valence-electron chi connectivity index (χ2n) is 5.52. The number of furan rings is 1. The smallest absolute Gasteiger partial charge is 0.258 e. The Bertz CT molecular complexity index is 724. The number of hydrogen-bond acceptors (Lipinski definition) is 4. The summed E-state index contributed by atoms with van der Waals surface area (Å²) < 4.78 is 23.6. The molecule has 126 valence electrons. The van der Waals surface area contributed by atoms with Gasteiger partial charge in [-0.1, -0.05) is 0 Å². The first-order chi connectivity index (χ1) is 11.6. The molecule has 1 aliphatic heterocycles. The van der Waals surface area contributed by atoms with Crippen LogP contribution < -0.4 is 10.6 Å². The van der Waals surface area contributed by atoms with Crippen molar-refractivity contribution >= 4 is 17.5 Å². The minimum Gasteiger partial charge on any atom is -0.472 e. The molecule has 0 aliphatic carbocycles. The minimum absolute atomic E-state index is 0.00808. The summed E-state index contributed by atoms with van der Waals surface area (Å²) in [6.07, 6.45) is 4.09. The van der Waals surface area contributed by atoms with Gasteiger partial charge in [0.1, 0.15) is 12.1 Å². The van der Waals surface area contributed by atoms with Gasteiger partial charge in [-0.05, 0) is 37.1 Å². The van der Waals surface area contributed by atoms with E-state index in [0.29, 0.717) is 13.2 Å². The number of rotatable bonds is 4. The normalized spacial score (nSPS) is 15.0. The number of carbonyl (C=O) groups excluding carboxylic acids is 2. The Kier molecular flexibility index (Phi) is 4.90. The molecule has 2 N–H and O–H groups in total. The molecule has 3 rings (SSSR count). The standard InChI is InChI=1S/C17H17FN2O4/c18-12-1-2-14(17(22)19-13-4-7-23-8-5-13)15(9-12)20-16(21)11-3-6-24-10-11/h1-3,6,9-10,13H,4-5,7-8H2,(H,19,22)(H,20,21). The summed E-state index contributed by atoms with van der Waals surface area (Å²) in [6.45, 7) is 1.19. The van der Waals surface area contributed by atoms with Crippen LogP contribution in [0.5, 0.6) is 0 Å². The van der Waals surface area contributed by atoms with Gasteiger partial charge < -0.3 is 19.8 Å². The number of nitrogens with one attached hydrogen (secondary N) is 2. The molecule has 2 aromatic rings. The first-order valence-electron chi connectivity index (χ1n) is 7.65. The van der Waals surface area contributed by atoms with Crippen LogP contribution in [0, 0.1) is 5.82 Å². The summed E-state index contributed by atoms with van der Waals surface area (Å²) in [4.78, 5) is 24.6. The third-order valence-corrected chi connectivity index (χ3v) is 3.81. The van der Waals surface area contributed by atoms with Crippen molar-refractivity contribution in [1.29, 1.82) is 0 Å². The van der Waals surface area contributed by atoms with Crippen molar-refractivity contribution in [2.75, 3.05) is 18.5 Å². The topological polar surface area (TPSA) is 80.6 Å². The summed E-state index contributed by atoms with van der Waals surface area (Å²) in [5, 5.41) is 5.44. The quantitative estimate of drug-likeness (QED) is 0.902. The van der Waals surface area contributed by atoms with Gasteiger partial charge >= 0.3 is 0 Å². The van der Waals surface area contributed by atoms with Crippen LogP contribution in [0.15, 0.2) is 41.2 Å². The molecule has 7 heteroatoms. The number of anilines is 1. The molecule has 0 unspecified atom stereocenters. The van der Waals surface area contributed by atoms with Crippen molar-refractivity contribution in [3.05, 3.63) is 53.7 Å². The molecule has 1 aromatic heterocycles. The van der Waals surface area contributed by atoms with Gasteiger partial charge in [0, 0.05) is 19.3 Å². The van der Waals surface area contributed by atoms with E-state index in [0.717, 1.165) is 18.9 Å². The monoisotopic (exact) mass is 332 g/mol. The van der Waals surface area contributed by atoms with Gasteiger partial charge in [0.25, 0.3) is 11.8 Å². The Labute approximate surface area is 138 Å². The Hall–Kier alpha value is -2.67. The van der Waals surface area contributed by atoms with Crippen LogP contribution >= 0.6 is 0 Å². The fourth-order valence-corrected chi connectivity index (χ4v) is 2.51. The van der Waals surface area contributed by atoms with Gasteiger partial charge in [0.05, 0.1) is 23.1 Å². The Morgan fingerprint density at radius 2 is 1.92 bits per heavy atom. The number of carbonyl (C=O) groups is 2. The summed E-state index contributed by atoms with van der Waals surface area (Å²) >= 11 is 0. The van der Waals surface area contributed by atoms with E-state index in [4.69, 9.17) is 9.15 Å². The van der Waals surface area contributed by atoms with Crippen LogP contribution in [0.3, 0.4) is 0 Å². The highest BCUT2D eigenvalue weighted by Gasteiger charge is 2.20. The Morgan fingerprint density at radius 1 is 1.12 bits per heavy atom. The minimum atomic E-state index is -0.542. The molecule has 6 nitrogen and oxygen atoms in total. The summed E-state index contributed by atoms with van der Waals surface area (Å²) in [6, 6.07) is 5.16. The van der Waals surface area contributed by atoms with Gasteiger partial charge in [-0.2, -0.15) is 0 Å². The van der Waals surface area contributed by atoms with Crippen molar-refractivity contribution in [3.8, 4) is 0 Å². The van der Waals surface area contributed by atoms with Gasteiger partial charge in [0.2, 0.25) is 0 Å². The molecule has 24 heavy (non-hydrogen) atoms. The zero-order valence-electron chi connectivity index (χ0n) is 12.9. The lowest BCUT2D eigenvalue weighted by Gasteiger charge is -2.23. The lowest BCUT2D eigenvalue weighted by atomic mass is 10.1. The fraction of sp³-hybridized carbons (Fsp3) is 0.294. The van der Waals surface area contributed by atoms with Crippen LogP contribution in [0.2, 0.25) is 0 Å². The number of benzene rings is 1. The van der Waals surface area contributed by atoms with Crippen molar-refractivity contribution in [2.45, 2.75) is 18.9 Å². The summed E-state index contributed by atoms with van der Waals surface area (Å²) in [7, 11) is 0. The molecular formula is C17H17FN2O4. The molecule has 1 fully saturated rings. The van der Waals surface area contributed by atoms with Crippen molar-refractivity contribution < 1.29 is 23.1 Å². The van der Waals surface area contributed by atoms with Gasteiger partial charge in [-0.15, -0.1) is 0 Å². The van der Waals surface area contributed by atoms with Crippen molar-refractivity contribution in [2.24, 2.45) is 0 Å². The van der Waals surface area contributed by atoms with Gasteiger partial charge in [-0.25, -0.2) is 4.39 Å². The number of hydrogen-bond donors (Lipinski definition) is 2. The Morgan fingerprint density at radius 3 is 2.62 bits per heavy atom. The molecule has 1 aromatic carbocycles. The predicted molar refractivity (Wildman–Crippen MR) is 84.4 cm³/mol. The van der Waals surface area contributed by atoms with Crippen molar-refractivity contribution in [1.82, 2.24) is 5.32 Å². The van der Waals surface area contributed by atoms with Gasteiger partial charge in [-0.3, -0.25) is 9.59 Å². The number of amides is 2. The second-order valence-corrected chi connectivity index (χ2v) is 5.52. The third kappa shape index (κ3) is 3.80. The number of ether oxygens (including phenoxy) is 1. The van der Waals surface area contributed by atoms with Gasteiger partial charge in [0.15, 0.2) is 0 Å². The van der Waals surface area contributed by atoms with Crippen LogP contribution in [-0.2, 0) is 4.74 Å². The van der Waals surface area contributed by atoms with E-state index >= 15 is 0 Å². The van der Waals surface area contributed by atoms with Crippen LogP contribution in [0.1, 0.15) is 33.6 Å². The molecule has 0 bridgehead atoms. The maximum atomic E-state index is 13.5. The van der Waals surface area contributed by atoms with Crippen LogP contribution in [-0.4, -0.2) is 31.1 Å². The fourth-order valence-electron chi connectivity index (χ4n) is 2.51. The zero-order chi connectivity index (χ0) is 16.9. The first kappa shape index (κ1) is 16.2. The summed E-state index contributed by atoms with van der Waals surface area (Å²) in [5.41, 5.74) is 0.612. The lowest BCUT2D eigenvalue weighted by molar-refractivity contribution is 0.0697. The van der Waals surface area contributed by atoms with E-state index < -0.39 is 11.7 Å². The van der Waals surface area contributed by atoms with E-state index in [2.05, 4.69) is 10.6 Å². The molecule has 0 saturated carbocycles. The van der Waals surface area contributed by atoms with E-state index in [1.54, 1.807) is 0 Å². The highest BCUT2D eigenvalue weighted by atomic mass is 19.1. The molecule has 2 amide bonds. The highest BCUT2D eigenvalue weighted by molar-refractivity contribution is 6.08. The summed E-state index contributed by atoms with van der Waals surface area (Å²) in [5.74, 6) is -1.38.